The second-order valence-corrected chi connectivity index (χ2v) is 9.61. The minimum atomic E-state index is -0.429. The molecule has 31 heavy (non-hydrogen) atoms. The molecule has 0 spiro atoms. The van der Waals surface area contributed by atoms with Gasteiger partial charge in [-0.25, -0.2) is 9.36 Å². The Kier molecular flexibility index (Phi) is 5.30. The lowest BCUT2D eigenvalue weighted by atomic mass is 10.00. The van der Waals surface area contributed by atoms with E-state index in [0.29, 0.717) is 15.9 Å². The molecule has 1 unspecified atom stereocenters. The summed E-state index contributed by atoms with van der Waals surface area (Å²) >= 11 is 1.52. The van der Waals surface area contributed by atoms with Gasteiger partial charge in [-0.2, -0.15) is 0 Å². The first-order chi connectivity index (χ1) is 15.1. The van der Waals surface area contributed by atoms with Crippen molar-refractivity contribution in [3.8, 4) is 5.69 Å². The van der Waals surface area contributed by atoms with Crippen molar-refractivity contribution in [3.05, 3.63) is 61.6 Å². The van der Waals surface area contributed by atoms with Gasteiger partial charge in [0, 0.05) is 17.5 Å². The van der Waals surface area contributed by atoms with Gasteiger partial charge in [0.2, 0.25) is 5.91 Å². The van der Waals surface area contributed by atoms with Crippen LogP contribution in [0.15, 0.2) is 39.9 Å². The Labute approximate surface area is 184 Å². The van der Waals surface area contributed by atoms with Crippen molar-refractivity contribution in [3.63, 3.8) is 0 Å². The van der Waals surface area contributed by atoms with Crippen LogP contribution < -0.4 is 11.2 Å². The van der Waals surface area contributed by atoms with E-state index in [9.17, 15) is 14.4 Å². The van der Waals surface area contributed by atoms with Crippen molar-refractivity contribution in [1.82, 2.24) is 14.0 Å². The van der Waals surface area contributed by atoms with Crippen LogP contribution in [0.1, 0.15) is 49.5 Å². The summed E-state index contributed by atoms with van der Waals surface area (Å²) in [6, 6.07) is 9.27. The lowest BCUT2D eigenvalue weighted by Gasteiger charge is -2.35. The summed E-state index contributed by atoms with van der Waals surface area (Å²) in [5.74, 6) is -0.0261. The highest BCUT2D eigenvalue weighted by molar-refractivity contribution is 7.19. The van der Waals surface area contributed by atoms with E-state index in [2.05, 4.69) is 6.92 Å². The summed E-state index contributed by atoms with van der Waals surface area (Å²) < 4.78 is 2.80. The number of nitrogens with zero attached hydrogens (tertiary/aromatic N) is 3. The van der Waals surface area contributed by atoms with Crippen LogP contribution in [-0.2, 0) is 24.2 Å². The van der Waals surface area contributed by atoms with Crippen molar-refractivity contribution in [2.24, 2.45) is 0 Å². The number of likely N-dealkylation sites (tertiary alicyclic amines) is 1. The highest BCUT2D eigenvalue weighted by Gasteiger charge is 2.29. The van der Waals surface area contributed by atoms with Crippen molar-refractivity contribution in [2.45, 2.75) is 64.5 Å². The molecule has 7 heteroatoms. The minimum absolute atomic E-state index is 0.0155. The standard InChI is InChI=1S/C24H27N3O3S/c1-2-16-9-6-7-14-25(16)20(28)15-26-23-21(18-12-8-13-19(18)31-23)22(29)27(24(26)30)17-10-4-3-5-11-17/h3-5,10-11,16H,2,6-9,12-15H2,1H3. The lowest BCUT2D eigenvalue weighted by molar-refractivity contribution is -0.135. The first-order valence-corrected chi connectivity index (χ1v) is 12.1. The number of carbonyl (C=O) groups excluding carboxylic acids is 1. The lowest BCUT2D eigenvalue weighted by Crippen LogP contribution is -2.47. The van der Waals surface area contributed by atoms with E-state index >= 15 is 0 Å². The molecule has 162 valence electrons. The SMILES string of the molecule is CCC1CCCCN1C(=O)Cn1c(=O)n(-c2ccccc2)c(=O)c2c3c(sc21)CCC3. The second-order valence-electron chi connectivity index (χ2n) is 8.53. The summed E-state index contributed by atoms with van der Waals surface area (Å²) in [5.41, 5.74) is 0.920. The zero-order valence-electron chi connectivity index (χ0n) is 17.8. The van der Waals surface area contributed by atoms with E-state index in [1.165, 1.54) is 20.8 Å². The number of benzene rings is 1. The predicted octanol–water partition coefficient (Wildman–Crippen LogP) is 3.49. The highest BCUT2D eigenvalue weighted by atomic mass is 32.1. The van der Waals surface area contributed by atoms with Gasteiger partial charge in [0.25, 0.3) is 5.56 Å². The van der Waals surface area contributed by atoms with Gasteiger partial charge in [-0.05, 0) is 62.6 Å². The van der Waals surface area contributed by atoms with Gasteiger partial charge in [-0.1, -0.05) is 25.1 Å². The third kappa shape index (κ3) is 3.35. The van der Waals surface area contributed by atoms with Crippen LogP contribution in [0.2, 0.25) is 0 Å². The van der Waals surface area contributed by atoms with E-state index < -0.39 is 5.69 Å². The van der Waals surface area contributed by atoms with E-state index in [-0.39, 0.29) is 24.1 Å². The van der Waals surface area contributed by atoms with E-state index in [0.717, 1.165) is 57.1 Å². The first-order valence-electron chi connectivity index (χ1n) is 11.2. The number of amides is 1. The fourth-order valence-corrected chi connectivity index (χ4v) is 6.50. The molecule has 1 aliphatic carbocycles. The Bertz CT molecular complexity index is 1260. The molecule has 2 aromatic heterocycles. The Balaban J connectivity index is 1.68. The molecule has 0 saturated carbocycles. The van der Waals surface area contributed by atoms with Crippen molar-refractivity contribution < 1.29 is 4.79 Å². The number of carbonyl (C=O) groups is 1. The Hall–Kier alpha value is -2.67. The van der Waals surface area contributed by atoms with Gasteiger partial charge in [0.1, 0.15) is 11.4 Å². The Morgan fingerprint density at radius 2 is 1.90 bits per heavy atom. The molecule has 0 bridgehead atoms. The Morgan fingerprint density at radius 1 is 1.10 bits per heavy atom. The number of para-hydroxylation sites is 1. The fraction of sp³-hybridized carbons (Fsp3) is 0.458. The van der Waals surface area contributed by atoms with Crippen LogP contribution in [0.25, 0.3) is 15.9 Å². The summed E-state index contributed by atoms with van der Waals surface area (Å²) in [5, 5.41) is 0.624. The first kappa shape index (κ1) is 20.2. The van der Waals surface area contributed by atoms with Crippen molar-refractivity contribution >= 4 is 27.5 Å². The van der Waals surface area contributed by atoms with Gasteiger partial charge in [-0.15, -0.1) is 11.3 Å². The number of aromatic nitrogens is 2. The zero-order valence-corrected chi connectivity index (χ0v) is 18.6. The number of hydrogen-bond acceptors (Lipinski definition) is 4. The average Bonchev–Trinajstić information content (AvgIpc) is 3.38. The molecule has 1 saturated heterocycles. The van der Waals surface area contributed by atoms with E-state index in [1.807, 2.05) is 23.1 Å². The zero-order chi connectivity index (χ0) is 21.5. The van der Waals surface area contributed by atoms with Gasteiger partial charge < -0.3 is 4.90 Å². The van der Waals surface area contributed by atoms with Gasteiger partial charge in [0.15, 0.2) is 0 Å². The topological polar surface area (TPSA) is 64.3 Å². The van der Waals surface area contributed by atoms with Crippen LogP contribution in [0.4, 0.5) is 0 Å². The quantitative estimate of drug-likeness (QED) is 0.628. The van der Waals surface area contributed by atoms with E-state index in [1.54, 1.807) is 16.7 Å². The predicted molar refractivity (Wildman–Crippen MR) is 123 cm³/mol. The summed E-state index contributed by atoms with van der Waals surface area (Å²) in [4.78, 5) is 44.1. The van der Waals surface area contributed by atoms with Crippen LogP contribution in [0.3, 0.4) is 0 Å². The molecular formula is C24H27N3O3S. The van der Waals surface area contributed by atoms with Crippen LogP contribution in [0, 0.1) is 0 Å². The smallest absolute Gasteiger partial charge is 0.337 e. The van der Waals surface area contributed by atoms with Crippen LogP contribution in [-0.4, -0.2) is 32.5 Å². The van der Waals surface area contributed by atoms with Crippen LogP contribution >= 0.6 is 11.3 Å². The molecule has 6 nitrogen and oxygen atoms in total. The average molecular weight is 438 g/mol. The van der Waals surface area contributed by atoms with Crippen molar-refractivity contribution in [2.75, 3.05) is 6.54 Å². The normalized spacial score (nSPS) is 18.5. The Morgan fingerprint density at radius 3 is 2.68 bits per heavy atom. The molecule has 2 aliphatic rings. The van der Waals surface area contributed by atoms with Gasteiger partial charge >= 0.3 is 5.69 Å². The van der Waals surface area contributed by atoms with E-state index in [4.69, 9.17) is 0 Å². The van der Waals surface area contributed by atoms with Gasteiger partial charge in [0.05, 0.1) is 11.1 Å². The number of aryl methyl sites for hydroxylation is 2. The molecule has 1 amide bonds. The third-order valence-corrected chi connectivity index (χ3v) is 8.03. The maximum Gasteiger partial charge on any atom is 0.337 e. The molecule has 1 fully saturated rings. The molecule has 1 aromatic carbocycles. The molecule has 1 aliphatic heterocycles. The summed E-state index contributed by atoms with van der Waals surface area (Å²) in [7, 11) is 0. The maximum atomic E-state index is 13.6. The molecular weight excluding hydrogens is 410 g/mol. The van der Waals surface area contributed by atoms with Crippen molar-refractivity contribution in [1.29, 1.82) is 0 Å². The summed E-state index contributed by atoms with van der Waals surface area (Å²) in [6.45, 7) is 2.84. The van der Waals surface area contributed by atoms with Crippen LogP contribution in [0.5, 0.6) is 0 Å². The monoisotopic (exact) mass is 437 g/mol. The number of fused-ring (bicyclic) bond motifs is 3. The van der Waals surface area contributed by atoms with Gasteiger partial charge in [-0.3, -0.25) is 14.2 Å². The molecule has 0 N–H and O–H groups in total. The molecule has 3 aromatic rings. The second kappa shape index (κ2) is 8.11. The summed E-state index contributed by atoms with van der Waals surface area (Å²) in [6.07, 6.45) is 6.91. The number of thiophene rings is 1. The fourth-order valence-electron chi connectivity index (χ4n) is 5.13. The number of piperidine rings is 1. The largest absolute Gasteiger partial charge is 0.338 e. The molecule has 1 atom stereocenters. The molecule has 3 heterocycles. The minimum Gasteiger partial charge on any atom is -0.338 e. The third-order valence-electron chi connectivity index (χ3n) is 6.71. The molecule has 5 rings (SSSR count). The molecule has 0 radical (unpaired) electrons. The number of hydrogen-bond donors (Lipinski definition) is 0. The maximum absolute atomic E-state index is 13.6. The number of rotatable bonds is 4. The highest BCUT2D eigenvalue weighted by Crippen LogP contribution is 2.35.